The number of hydrogen-bond donors (Lipinski definition) is 1. The number of nitrogen functional groups attached to an aromatic ring is 1. The highest BCUT2D eigenvalue weighted by atomic mass is 32.2. The van der Waals surface area contributed by atoms with Crippen LogP contribution in [-0.2, 0) is 21.3 Å². The first-order valence-electron chi connectivity index (χ1n) is 5.43. The fourth-order valence-corrected chi connectivity index (χ4v) is 2.63. The summed E-state index contributed by atoms with van der Waals surface area (Å²) in [6.07, 6.45) is 0.814. The van der Waals surface area contributed by atoms with E-state index < -0.39 is 10.8 Å². The normalized spacial score (nSPS) is 12.4. The van der Waals surface area contributed by atoms with Crippen LogP contribution in [0.2, 0.25) is 0 Å². The molecule has 0 saturated heterocycles. The van der Waals surface area contributed by atoms with Gasteiger partial charge in [0.05, 0.1) is 12.8 Å². The molecule has 1 atom stereocenters. The van der Waals surface area contributed by atoms with E-state index in [2.05, 4.69) is 0 Å². The van der Waals surface area contributed by atoms with E-state index in [9.17, 15) is 4.21 Å². The third-order valence-corrected chi connectivity index (χ3v) is 3.74. The molecule has 0 heterocycles. The Morgan fingerprint density at radius 1 is 1.35 bits per heavy atom. The largest absolute Gasteiger partial charge is 0.495 e. The van der Waals surface area contributed by atoms with Crippen LogP contribution in [0.25, 0.3) is 0 Å². The molecule has 0 bridgehead atoms. The summed E-state index contributed by atoms with van der Waals surface area (Å²) >= 11 is 0. The summed E-state index contributed by atoms with van der Waals surface area (Å²) in [5.74, 6) is 1.83. The predicted molar refractivity (Wildman–Crippen MR) is 70.6 cm³/mol. The number of nitrogens with two attached hydrogens (primary N) is 1. The predicted octanol–water partition coefficient (Wildman–Crippen LogP) is 1.56. The number of anilines is 1. The van der Waals surface area contributed by atoms with Crippen LogP contribution in [0, 0.1) is 0 Å². The minimum Gasteiger partial charge on any atom is -0.495 e. The van der Waals surface area contributed by atoms with Crippen molar-refractivity contribution in [2.75, 3.05) is 32.3 Å². The van der Waals surface area contributed by atoms with Gasteiger partial charge in [-0.25, -0.2) is 0 Å². The molecule has 0 aliphatic carbocycles. The van der Waals surface area contributed by atoms with Gasteiger partial charge in [-0.05, 0) is 24.1 Å². The van der Waals surface area contributed by atoms with Crippen LogP contribution >= 0.6 is 0 Å². The van der Waals surface area contributed by atoms with Gasteiger partial charge in [-0.1, -0.05) is 6.07 Å². The Kier molecular flexibility index (Phi) is 6.00. The lowest BCUT2D eigenvalue weighted by atomic mass is 10.2. The van der Waals surface area contributed by atoms with E-state index in [1.54, 1.807) is 20.3 Å². The zero-order valence-corrected chi connectivity index (χ0v) is 11.1. The van der Waals surface area contributed by atoms with Crippen LogP contribution in [0.3, 0.4) is 0 Å². The van der Waals surface area contributed by atoms with Crippen LogP contribution in [0.15, 0.2) is 18.2 Å². The fourth-order valence-electron chi connectivity index (χ4n) is 1.50. The van der Waals surface area contributed by atoms with E-state index in [0.29, 0.717) is 29.5 Å². The SMILES string of the molecule is COCCCS(=O)Cc1ccc(OC)c(N)c1. The molecule has 0 amide bonds. The second kappa shape index (κ2) is 7.29. The summed E-state index contributed by atoms with van der Waals surface area (Å²) in [5, 5.41) is 0. The van der Waals surface area contributed by atoms with Crippen molar-refractivity contribution in [3.05, 3.63) is 23.8 Å². The lowest BCUT2D eigenvalue weighted by Gasteiger charge is -2.07. The van der Waals surface area contributed by atoms with Crippen molar-refractivity contribution in [2.45, 2.75) is 12.2 Å². The van der Waals surface area contributed by atoms with Crippen molar-refractivity contribution >= 4 is 16.5 Å². The van der Waals surface area contributed by atoms with Crippen molar-refractivity contribution in [1.82, 2.24) is 0 Å². The molecule has 96 valence electrons. The molecule has 2 N–H and O–H groups in total. The molecule has 0 saturated carbocycles. The van der Waals surface area contributed by atoms with Gasteiger partial charge in [0.2, 0.25) is 0 Å². The third kappa shape index (κ3) is 4.75. The van der Waals surface area contributed by atoms with Crippen molar-refractivity contribution in [2.24, 2.45) is 0 Å². The van der Waals surface area contributed by atoms with Crippen LogP contribution < -0.4 is 10.5 Å². The van der Waals surface area contributed by atoms with Crippen molar-refractivity contribution < 1.29 is 13.7 Å². The summed E-state index contributed by atoms with van der Waals surface area (Å²) in [5.41, 5.74) is 7.34. The average molecular weight is 257 g/mol. The second-order valence-electron chi connectivity index (χ2n) is 3.71. The molecule has 0 spiro atoms. The molecule has 4 nitrogen and oxygen atoms in total. The minimum absolute atomic E-state index is 0.526. The number of benzene rings is 1. The van der Waals surface area contributed by atoms with Gasteiger partial charge >= 0.3 is 0 Å². The molecule has 0 aliphatic rings. The Morgan fingerprint density at radius 3 is 2.71 bits per heavy atom. The van der Waals surface area contributed by atoms with Crippen molar-refractivity contribution in [1.29, 1.82) is 0 Å². The standard InChI is InChI=1S/C12H19NO3S/c1-15-6-3-7-17(14)9-10-4-5-12(16-2)11(13)8-10/h4-5,8H,3,6-7,9,13H2,1-2H3. The van der Waals surface area contributed by atoms with E-state index >= 15 is 0 Å². The van der Waals surface area contributed by atoms with Crippen LogP contribution in [0.4, 0.5) is 5.69 Å². The van der Waals surface area contributed by atoms with E-state index in [1.807, 2.05) is 12.1 Å². The quantitative estimate of drug-likeness (QED) is 0.595. The highest BCUT2D eigenvalue weighted by Crippen LogP contribution is 2.22. The molecule has 5 heteroatoms. The zero-order chi connectivity index (χ0) is 12.7. The number of methoxy groups -OCH3 is 2. The highest BCUT2D eigenvalue weighted by molar-refractivity contribution is 7.84. The molecular formula is C12H19NO3S. The maximum atomic E-state index is 11.7. The Balaban J connectivity index is 2.51. The zero-order valence-electron chi connectivity index (χ0n) is 10.3. The first kappa shape index (κ1) is 14.0. The maximum Gasteiger partial charge on any atom is 0.141 e. The van der Waals surface area contributed by atoms with Gasteiger partial charge in [0, 0.05) is 36.0 Å². The lowest BCUT2D eigenvalue weighted by Crippen LogP contribution is -2.04. The Morgan fingerprint density at radius 2 is 2.12 bits per heavy atom. The van der Waals surface area contributed by atoms with Crippen molar-refractivity contribution in [3.8, 4) is 5.75 Å². The van der Waals surface area contributed by atoms with Gasteiger partial charge in [0.1, 0.15) is 5.75 Å². The smallest absolute Gasteiger partial charge is 0.141 e. The van der Waals surface area contributed by atoms with Crippen LogP contribution in [-0.4, -0.2) is 30.8 Å². The molecule has 0 aromatic heterocycles. The third-order valence-electron chi connectivity index (χ3n) is 2.34. The first-order valence-corrected chi connectivity index (χ1v) is 6.92. The summed E-state index contributed by atoms with van der Waals surface area (Å²) < 4.78 is 21.7. The molecule has 0 radical (unpaired) electrons. The van der Waals surface area contributed by atoms with E-state index in [-0.39, 0.29) is 0 Å². The molecule has 1 aromatic rings. The van der Waals surface area contributed by atoms with Crippen LogP contribution in [0.1, 0.15) is 12.0 Å². The number of rotatable bonds is 7. The monoisotopic (exact) mass is 257 g/mol. The van der Waals surface area contributed by atoms with E-state index in [0.717, 1.165) is 12.0 Å². The maximum absolute atomic E-state index is 11.7. The van der Waals surface area contributed by atoms with Crippen LogP contribution in [0.5, 0.6) is 5.75 Å². The summed E-state index contributed by atoms with van der Waals surface area (Å²) in [4.78, 5) is 0. The summed E-state index contributed by atoms with van der Waals surface area (Å²) in [7, 11) is 2.36. The summed E-state index contributed by atoms with van der Waals surface area (Å²) in [6, 6.07) is 5.51. The second-order valence-corrected chi connectivity index (χ2v) is 5.29. The number of ether oxygens (including phenoxy) is 2. The van der Waals surface area contributed by atoms with Gasteiger partial charge < -0.3 is 15.2 Å². The van der Waals surface area contributed by atoms with Gasteiger partial charge in [-0.3, -0.25) is 4.21 Å². The topological polar surface area (TPSA) is 61.5 Å². The molecule has 1 rings (SSSR count). The van der Waals surface area contributed by atoms with Gasteiger partial charge in [0.25, 0.3) is 0 Å². The van der Waals surface area contributed by atoms with Gasteiger partial charge in [-0.2, -0.15) is 0 Å². The average Bonchev–Trinajstić information content (AvgIpc) is 2.29. The lowest BCUT2D eigenvalue weighted by molar-refractivity contribution is 0.200. The van der Waals surface area contributed by atoms with Crippen molar-refractivity contribution in [3.63, 3.8) is 0 Å². The Bertz CT molecular complexity index is 382. The van der Waals surface area contributed by atoms with Gasteiger partial charge in [-0.15, -0.1) is 0 Å². The fraction of sp³-hybridized carbons (Fsp3) is 0.500. The first-order chi connectivity index (χ1) is 8.17. The molecule has 1 unspecified atom stereocenters. The van der Waals surface area contributed by atoms with Gasteiger partial charge in [0.15, 0.2) is 0 Å². The minimum atomic E-state index is -0.866. The molecule has 17 heavy (non-hydrogen) atoms. The highest BCUT2D eigenvalue weighted by Gasteiger charge is 2.05. The molecular weight excluding hydrogens is 238 g/mol. The van der Waals surface area contributed by atoms with E-state index in [1.165, 1.54) is 0 Å². The molecule has 1 aromatic carbocycles. The summed E-state index contributed by atoms with van der Waals surface area (Å²) in [6.45, 7) is 0.649. The Labute approximate surface area is 105 Å². The molecule has 0 fully saturated rings. The Hall–Kier alpha value is -1.07. The van der Waals surface area contributed by atoms with E-state index in [4.69, 9.17) is 15.2 Å². The molecule has 0 aliphatic heterocycles. The number of hydrogen-bond acceptors (Lipinski definition) is 4.